The molecule has 0 bridgehead atoms. The lowest BCUT2D eigenvalue weighted by Crippen LogP contribution is -2.19. The first kappa shape index (κ1) is 20.3. The number of fused-ring (bicyclic) bond motifs is 1. The van der Waals surface area contributed by atoms with Crippen LogP contribution in [0, 0.1) is 6.92 Å². The molecule has 0 N–H and O–H groups in total. The van der Waals surface area contributed by atoms with Crippen LogP contribution in [0.2, 0.25) is 0 Å². The maximum atomic E-state index is 12.8. The van der Waals surface area contributed by atoms with Crippen molar-refractivity contribution in [3.05, 3.63) is 58.4 Å². The van der Waals surface area contributed by atoms with Gasteiger partial charge in [-0.3, -0.25) is 4.79 Å². The number of amides is 1. The average molecular weight is 399 g/mol. The van der Waals surface area contributed by atoms with E-state index in [9.17, 15) is 4.79 Å². The Morgan fingerprint density at radius 3 is 2.79 bits per heavy atom. The number of rotatable bonds is 8. The Morgan fingerprint density at radius 1 is 1.18 bits per heavy atom. The van der Waals surface area contributed by atoms with E-state index < -0.39 is 0 Å². The van der Waals surface area contributed by atoms with Crippen molar-refractivity contribution in [2.24, 2.45) is 4.99 Å². The fourth-order valence-electron chi connectivity index (χ4n) is 2.99. The van der Waals surface area contributed by atoms with Gasteiger partial charge in [-0.15, -0.1) is 0 Å². The molecule has 0 unspecified atom stereocenters. The van der Waals surface area contributed by atoms with E-state index in [4.69, 9.17) is 9.47 Å². The third-order valence-electron chi connectivity index (χ3n) is 4.47. The number of unbranched alkanes of at least 4 members (excludes halogenated alkanes) is 1. The lowest BCUT2D eigenvalue weighted by Gasteiger charge is -2.07. The molecule has 0 saturated heterocycles. The van der Waals surface area contributed by atoms with Crippen LogP contribution in [0.3, 0.4) is 0 Å². The highest BCUT2D eigenvalue weighted by Gasteiger charge is 2.11. The van der Waals surface area contributed by atoms with Gasteiger partial charge in [0.15, 0.2) is 4.80 Å². The van der Waals surface area contributed by atoms with Crippen molar-refractivity contribution in [2.75, 3.05) is 20.3 Å². The van der Waals surface area contributed by atoms with Crippen molar-refractivity contribution in [2.45, 2.75) is 33.2 Å². The van der Waals surface area contributed by atoms with E-state index in [0.717, 1.165) is 28.6 Å². The number of carbonyl (C=O) groups excluding carboxylic acids is 1. The zero-order chi connectivity index (χ0) is 19.9. The molecule has 0 atom stereocenters. The van der Waals surface area contributed by atoms with Crippen LogP contribution < -0.4 is 9.54 Å². The van der Waals surface area contributed by atoms with E-state index in [1.807, 2.05) is 18.2 Å². The van der Waals surface area contributed by atoms with Gasteiger partial charge in [0, 0.05) is 19.2 Å². The summed E-state index contributed by atoms with van der Waals surface area (Å²) in [5.41, 5.74) is 2.79. The first-order valence-electron chi connectivity index (χ1n) is 9.54. The van der Waals surface area contributed by atoms with Crippen molar-refractivity contribution in [3.8, 4) is 5.75 Å². The number of thiazole rings is 1. The molecule has 3 aromatic rings. The number of para-hydroxylation sites is 1. The molecule has 148 valence electrons. The highest BCUT2D eigenvalue weighted by molar-refractivity contribution is 7.16. The molecule has 0 spiro atoms. The van der Waals surface area contributed by atoms with E-state index in [2.05, 4.69) is 35.5 Å². The standard InChI is InChI=1S/C22H26N2O3S/c1-4-5-13-27-18-10-7-9-17(15-18)21(25)23-22-24(12-14-26-3)20-16(2)8-6-11-19(20)28-22/h6-11,15H,4-5,12-14H2,1-3H3. The number of benzene rings is 2. The number of methoxy groups -OCH3 is 1. The van der Waals surface area contributed by atoms with Gasteiger partial charge in [-0.1, -0.05) is 42.9 Å². The predicted octanol–water partition coefficient (Wildman–Crippen LogP) is 4.58. The van der Waals surface area contributed by atoms with Crippen molar-refractivity contribution in [3.63, 3.8) is 0 Å². The molecule has 2 aromatic carbocycles. The fourth-order valence-corrected chi connectivity index (χ4v) is 4.12. The van der Waals surface area contributed by atoms with Crippen molar-refractivity contribution in [1.82, 2.24) is 4.57 Å². The second-order valence-electron chi connectivity index (χ2n) is 6.60. The molecule has 0 aliphatic carbocycles. The van der Waals surface area contributed by atoms with Crippen LogP contribution in [0.15, 0.2) is 47.5 Å². The van der Waals surface area contributed by atoms with E-state index in [0.29, 0.717) is 35.9 Å². The second kappa shape index (κ2) is 9.66. The molecule has 0 fully saturated rings. The zero-order valence-electron chi connectivity index (χ0n) is 16.6. The summed E-state index contributed by atoms with van der Waals surface area (Å²) in [6.45, 7) is 6.04. The SMILES string of the molecule is CCCCOc1cccc(C(=O)N=c2sc3cccc(C)c3n2CCOC)c1. The summed E-state index contributed by atoms with van der Waals surface area (Å²) in [6, 6.07) is 13.4. The second-order valence-corrected chi connectivity index (χ2v) is 7.61. The highest BCUT2D eigenvalue weighted by Crippen LogP contribution is 2.21. The first-order chi connectivity index (χ1) is 13.6. The molecule has 1 amide bonds. The minimum atomic E-state index is -0.267. The van der Waals surface area contributed by atoms with Crippen molar-refractivity contribution < 1.29 is 14.3 Å². The van der Waals surface area contributed by atoms with Crippen LogP contribution in [0.5, 0.6) is 5.75 Å². The van der Waals surface area contributed by atoms with Gasteiger partial charge in [-0.05, 0) is 43.2 Å². The lowest BCUT2D eigenvalue weighted by atomic mass is 10.2. The van der Waals surface area contributed by atoms with E-state index in [1.54, 1.807) is 19.2 Å². The van der Waals surface area contributed by atoms with Crippen LogP contribution in [0.25, 0.3) is 10.2 Å². The molecule has 3 rings (SSSR count). The minimum Gasteiger partial charge on any atom is -0.494 e. The summed E-state index contributed by atoms with van der Waals surface area (Å²) in [5, 5.41) is 0. The van der Waals surface area contributed by atoms with E-state index >= 15 is 0 Å². The summed E-state index contributed by atoms with van der Waals surface area (Å²) in [7, 11) is 1.67. The smallest absolute Gasteiger partial charge is 0.279 e. The number of carbonyl (C=O) groups is 1. The maximum absolute atomic E-state index is 12.8. The minimum absolute atomic E-state index is 0.267. The molecule has 0 aliphatic heterocycles. The molecule has 28 heavy (non-hydrogen) atoms. The third kappa shape index (κ3) is 4.69. The van der Waals surface area contributed by atoms with Crippen LogP contribution in [0.1, 0.15) is 35.7 Å². The Labute approximate surface area is 169 Å². The molecular weight excluding hydrogens is 372 g/mol. The Morgan fingerprint density at radius 2 is 2.00 bits per heavy atom. The summed E-state index contributed by atoms with van der Waals surface area (Å²) in [6.07, 6.45) is 2.06. The number of hydrogen-bond donors (Lipinski definition) is 0. The number of aryl methyl sites for hydroxylation is 1. The molecule has 1 heterocycles. The Balaban J connectivity index is 1.96. The van der Waals surface area contributed by atoms with Gasteiger partial charge in [-0.2, -0.15) is 4.99 Å². The van der Waals surface area contributed by atoms with E-state index in [1.165, 1.54) is 11.3 Å². The number of hydrogen-bond acceptors (Lipinski definition) is 4. The third-order valence-corrected chi connectivity index (χ3v) is 5.51. The summed E-state index contributed by atoms with van der Waals surface area (Å²) < 4.78 is 14.1. The monoisotopic (exact) mass is 398 g/mol. The van der Waals surface area contributed by atoms with Crippen molar-refractivity contribution in [1.29, 1.82) is 0 Å². The molecular formula is C22H26N2O3S. The zero-order valence-corrected chi connectivity index (χ0v) is 17.4. The molecule has 6 heteroatoms. The molecule has 0 radical (unpaired) electrons. The first-order valence-corrected chi connectivity index (χ1v) is 10.4. The average Bonchev–Trinajstić information content (AvgIpc) is 3.05. The summed E-state index contributed by atoms with van der Waals surface area (Å²) in [4.78, 5) is 17.9. The number of ether oxygens (including phenoxy) is 2. The molecule has 0 saturated carbocycles. The van der Waals surface area contributed by atoms with Crippen molar-refractivity contribution >= 4 is 27.5 Å². The van der Waals surface area contributed by atoms with Crippen LogP contribution in [-0.2, 0) is 11.3 Å². The lowest BCUT2D eigenvalue weighted by molar-refractivity contribution is 0.0997. The topological polar surface area (TPSA) is 52.8 Å². The van der Waals surface area contributed by atoms with Crippen LogP contribution >= 0.6 is 11.3 Å². The fraction of sp³-hybridized carbons (Fsp3) is 0.364. The van der Waals surface area contributed by atoms with Gasteiger partial charge in [0.05, 0.1) is 23.4 Å². The summed E-state index contributed by atoms with van der Waals surface area (Å²) in [5.74, 6) is 0.435. The maximum Gasteiger partial charge on any atom is 0.279 e. The van der Waals surface area contributed by atoms with Gasteiger partial charge >= 0.3 is 0 Å². The molecule has 0 aliphatic rings. The highest BCUT2D eigenvalue weighted by atomic mass is 32.1. The molecule has 1 aromatic heterocycles. The largest absolute Gasteiger partial charge is 0.494 e. The van der Waals surface area contributed by atoms with Gasteiger partial charge < -0.3 is 14.0 Å². The van der Waals surface area contributed by atoms with Gasteiger partial charge in [0.1, 0.15) is 5.75 Å². The van der Waals surface area contributed by atoms with Gasteiger partial charge in [-0.25, -0.2) is 0 Å². The van der Waals surface area contributed by atoms with E-state index in [-0.39, 0.29) is 5.91 Å². The van der Waals surface area contributed by atoms with Gasteiger partial charge in [0.25, 0.3) is 5.91 Å². The quantitative estimate of drug-likeness (QED) is 0.522. The summed E-state index contributed by atoms with van der Waals surface area (Å²) >= 11 is 1.52. The number of aromatic nitrogens is 1. The van der Waals surface area contributed by atoms with Crippen LogP contribution in [0.4, 0.5) is 0 Å². The van der Waals surface area contributed by atoms with Gasteiger partial charge in [0.2, 0.25) is 0 Å². The Kier molecular flexibility index (Phi) is 7.01. The predicted molar refractivity (Wildman–Crippen MR) is 113 cm³/mol. The molecule has 5 nitrogen and oxygen atoms in total. The normalized spacial score (nSPS) is 11.9. The number of nitrogens with zero attached hydrogens (tertiary/aromatic N) is 2. The Hall–Kier alpha value is -2.44. The Bertz CT molecular complexity index is 1020. The van der Waals surface area contributed by atoms with Crippen LogP contribution in [-0.4, -0.2) is 30.8 Å².